The Morgan fingerprint density at radius 3 is 2.88 bits per heavy atom. The highest BCUT2D eigenvalue weighted by atomic mass is 19.1. The molecule has 1 aliphatic heterocycles. The van der Waals surface area contributed by atoms with Gasteiger partial charge in [0.05, 0.1) is 12.1 Å². The molecule has 1 aromatic rings. The van der Waals surface area contributed by atoms with Crippen LogP contribution in [0.15, 0.2) is 24.3 Å². The zero-order valence-corrected chi connectivity index (χ0v) is 10.2. The monoisotopic (exact) mass is 235 g/mol. The molecule has 1 aliphatic rings. The van der Waals surface area contributed by atoms with E-state index < -0.39 is 5.82 Å². The number of carbonyl (C=O) groups excluding carboxylic acids is 1. The van der Waals surface area contributed by atoms with E-state index in [2.05, 4.69) is 11.8 Å². The zero-order chi connectivity index (χ0) is 12.3. The standard InChI is InChI=1S/C14H18FNO/c1-11-6-4-5-9-16(11)10-14(17)12-7-2-3-8-13(12)15/h2-3,7-8,11H,4-6,9-10H2,1H3/t11-/m1/s1. The maximum absolute atomic E-state index is 13.5. The molecular formula is C14H18FNO. The van der Waals surface area contributed by atoms with E-state index in [4.69, 9.17) is 0 Å². The van der Waals surface area contributed by atoms with Crippen molar-refractivity contribution in [2.45, 2.75) is 32.2 Å². The minimum absolute atomic E-state index is 0.114. The van der Waals surface area contributed by atoms with Crippen LogP contribution in [0.25, 0.3) is 0 Å². The Kier molecular flexibility index (Phi) is 3.89. The molecule has 2 nitrogen and oxygen atoms in total. The molecule has 0 aromatic heterocycles. The van der Waals surface area contributed by atoms with Crippen molar-refractivity contribution in [1.82, 2.24) is 4.90 Å². The Bertz CT molecular complexity index is 405. The lowest BCUT2D eigenvalue weighted by atomic mass is 10.0. The highest BCUT2D eigenvalue weighted by Gasteiger charge is 2.22. The number of hydrogen-bond acceptors (Lipinski definition) is 2. The second-order valence-electron chi connectivity index (χ2n) is 4.72. The second kappa shape index (κ2) is 5.41. The van der Waals surface area contributed by atoms with Crippen LogP contribution in [0.4, 0.5) is 4.39 Å². The van der Waals surface area contributed by atoms with Gasteiger partial charge in [-0.15, -0.1) is 0 Å². The van der Waals surface area contributed by atoms with Crippen LogP contribution < -0.4 is 0 Å². The molecule has 0 unspecified atom stereocenters. The van der Waals surface area contributed by atoms with Gasteiger partial charge in [-0.25, -0.2) is 4.39 Å². The average molecular weight is 235 g/mol. The Hall–Kier alpha value is -1.22. The summed E-state index contributed by atoms with van der Waals surface area (Å²) in [6.45, 7) is 3.41. The highest BCUT2D eigenvalue weighted by molar-refractivity contribution is 5.97. The highest BCUT2D eigenvalue weighted by Crippen LogP contribution is 2.17. The predicted octanol–water partition coefficient (Wildman–Crippen LogP) is 2.88. The number of ketones is 1. The van der Waals surface area contributed by atoms with Gasteiger partial charge in [0.25, 0.3) is 0 Å². The molecule has 2 rings (SSSR count). The van der Waals surface area contributed by atoms with Crippen molar-refractivity contribution in [3.8, 4) is 0 Å². The topological polar surface area (TPSA) is 20.3 Å². The van der Waals surface area contributed by atoms with Crippen molar-refractivity contribution >= 4 is 5.78 Å². The second-order valence-corrected chi connectivity index (χ2v) is 4.72. The summed E-state index contributed by atoms with van der Waals surface area (Å²) in [7, 11) is 0. The van der Waals surface area contributed by atoms with E-state index in [9.17, 15) is 9.18 Å². The van der Waals surface area contributed by atoms with Crippen molar-refractivity contribution in [2.24, 2.45) is 0 Å². The fourth-order valence-electron chi connectivity index (χ4n) is 2.35. The Labute approximate surface area is 101 Å². The van der Waals surface area contributed by atoms with Gasteiger partial charge in [-0.1, -0.05) is 18.6 Å². The van der Waals surface area contributed by atoms with Gasteiger partial charge >= 0.3 is 0 Å². The van der Waals surface area contributed by atoms with Crippen molar-refractivity contribution in [1.29, 1.82) is 0 Å². The first-order chi connectivity index (χ1) is 8.18. The minimum Gasteiger partial charge on any atom is -0.293 e. The van der Waals surface area contributed by atoms with Gasteiger partial charge in [0, 0.05) is 6.04 Å². The van der Waals surface area contributed by atoms with E-state index in [1.165, 1.54) is 12.5 Å². The number of rotatable bonds is 3. The first-order valence-electron chi connectivity index (χ1n) is 6.20. The minimum atomic E-state index is -0.415. The molecule has 0 N–H and O–H groups in total. The molecule has 1 saturated heterocycles. The summed E-state index contributed by atoms with van der Waals surface area (Å²) in [6, 6.07) is 6.64. The molecule has 3 heteroatoms. The number of carbonyl (C=O) groups is 1. The largest absolute Gasteiger partial charge is 0.293 e. The van der Waals surface area contributed by atoms with Gasteiger partial charge < -0.3 is 0 Å². The normalized spacial score (nSPS) is 21.4. The summed E-state index contributed by atoms with van der Waals surface area (Å²) < 4.78 is 13.5. The number of likely N-dealkylation sites (tertiary alicyclic amines) is 1. The van der Waals surface area contributed by atoms with E-state index in [0.29, 0.717) is 12.6 Å². The molecule has 1 aromatic carbocycles. The lowest BCUT2D eigenvalue weighted by Gasteiger charge is -2.32. The molecular weight excluding hydrogens is 217 g/mol. The van der Waals surface area contributed by atoms with Crippen molar-refractivity contribution in [2.75, 3.05) is 13.1 Å². The van der Waals surface area contributed by atoms with Crippen LogP contribution in [0.3, 0.4) is 0 Å². The lowest BCUT2D eigenvalue weighted by molar-refractivity contribution is 0.0856. The quantitative estimate of drug-likeness (QED) is 0.751. The van der Waals surface area contributed by atoms with E-state index >= 15 is 0 Å². The molecule has 0 radical (unpaired) electrons. The third-order valence-electron chi connectivity index (χ3n) is 3.46. The summed E-state index contributed by atoms with van der Waals surface area (Å²) in [6.07, 6.45) is 3.49. The zero-order valence-electron chi connectivity index (χ0n) is 10.2. The first kappa shape index (κ1) is 12.2. The van der Waals surface area contributed by atoms with Crippen LogP contribution >= 0.6 is 0 Å². The summed E-state index contributed by atoms with van der Waals surface area (Å²) in [4.78, 5) is 14.1. The molecule has 0 amide bonds. The van der Waals surface area contributed by atoms with Gasteiger partial charge in [-0.05, 0) is 38.4 Å². The lowest BCUT2D eigenvalue weighted by Crippen LogP contribution is -2.40. The Balaban J connectivity index is 2.04. The van der Waals surface area contributed by atoms with Gasteiger partial charge in [0.1, 0.15) is 5.82 Å². The fraction of sp³-hybridized carbons (Fsp3) is 0.500. The number of nitrogens with zero attached hydrogens (tertiary/aromatic N) is 1. The van der Waals surface area contributed by atoms with Crippen LogP contribution in [0.1, 0.15) is 36.5 Å². The fourth-order valence-corrected chi connectivity index (χ4v) is 2.35. The number of hydrogen-bond donors (Lipinski definition) is 0. The smallest absolute Gasteiger partial charge is 0.179 e. The van der Waals surface area contributed by atoms with Crippen LogP contribution in [0.2, 0.25) is 0 Å². The number of piperidine rings is 1. The number of Topliss-reactive ketones (excluding diaryl/α,β-unsaturated/α-hetero) is 1. The molecule has 0 bridgehead atoms. The molecule has 92 valence electrons. The molecule has 17 heavy (non-hydrogen) atoms. The Morgan fingerprint density at radius 1 is 1.41 bits per heavy atom. The molecule has 1 heterocycles. The van der Waals surface area contributed by atoms with Gasteiger partial charge in [0.15, 0.2) is 5.78 Å². The van der Waals surface area contributed by atoms with Crippen molar-refractivity contribution in [3.63, 3.8) is 0 Å². The van der Waals surface area contributed by atoms with Crippen molar-refractivity contribution < 1.29 is 9.18 Å². The third kappa shape index (κ3) is 2.91. The van der Waals surface area contributed by atoms with Crippen LogP contribution in [0.5, 0.6) is 0 Å². The predicted molar refractivity (Wildman–Crippen MR) is 65.6 cm³/mol. The summed E-state index contributed by atoms with van der Waals surface area (Å²) >= 11 is 0. The molecule has 1 fully saturated rings. The Morgan fingerprint density at radius 2 is 2.18 bits per heavy atom. The maximum atomic E-state index is 13.5. The van der Waals surface area contributed by atoms with E-state index in [1.54, 1.807) is 18.2 Å². The van der Waals surface area contributed by atoms with E-state index in [-0.39, 0.29) is 11.3 Å². The maximum Gasteiger partial charge on any atom is 0.179 e. The molecule has 0 spiro atoms. The van der Waals surface area contributed by atoms with Crippen LogP contribution in [-0.2, 0) is 0 Å². The van der Waals surface area contributed by atoms with Gasteiger partial charge in [0.2, 0.25) is 0 Å². The first-order valence-corrected chi connectivity index (χ1v) is 6.20. The summed E-state index contributed by atoms with van der Waals surface area (Å²) in [5.74, 6) is -0.529. The molecule has 0 aliphatic carbocycles. The number of halogens is 1. The SMILES string of the molecule is C[C@@H]1CCCCN1CC(=O)c1ccccc1F. The molecule has 0 saturated carbocycles. The van der Waals surface area contributed by atoms with E-state index in [1.807, 2.05) is 0 Å². The summed E-state index contributed by atoms with van der Waals surface area (Å²) in [5, 5.41) is 0. The van der Waals surface area contributed by atoms with E-state index in [0.717, 1.165) is 19.4 Å². The molecule has 1 atom stereocenters. The average Bonchev–Trinajstić information content (AvgIpc) is 2.32. The third-order valence-corrected chi connectivity index (χ3v) is 3.46. The summed E-state index contributed by atoms with van der Waals surface area (Å²) in [5.41, 5.74) is 0.213. The number of benzene rings is 1. The van der Waals surface area contributed by atoms with Crippen LogP contribution in [-0.4, -0.2) is 29.8 Å². The van der Waals surface area contributed by atoms with Gasteiger partial charge in [-0.2, -0.15) is 0 Å². The van der Waals surface area contributed by atoms with Crippen molar-refractivity contribution in [3.05, 3.63) is 35.6 Å². The van der Waals surface area contributed by atoms with Gasteiger partial charge in [-0.3, -0.25) is 9.69 Å². The van der Waals surface area contributed by atoms with Crippen LogP contribution in [0, 0.1) is 5.82 Å².